The van der Waals surface area contributed by atoms with Crippen LogP contribution in [0, 0.1) is 0 Å². The van der Waals surface area contributed by atoms with Gasteiger partial charge in [-0.2, -0.15) is 5.10 Å². The van der Waals surface area contributed by atoms with Crippen LogP contribution >= 0.6 is 11.6 Å². The molecule has 3 rings (SSSR count). The molecule has 1 aromatic heterocycles. The Morgan fingerprint density at radius 3 is 2.62 bits per heavy atom. The molecule has 0 bridgehead atoms. The zero-order valence-corrected chi connectivity index (χ0v) is 12.0. The van der Waals surface area contributed by atoms with Crippen molar-refractivity contribution in [3.63, 3.8) is 0 Å². The largest absolute Gasteiger partial charge is 0.326 e. The molecular formula is C16H14ClN3O. The highest BCUT2D eigenvalue weighted by Gasteiger charge is 2.09. The summed E-state index contributed by atoms with van der Waals surface area (Å²) in [6.45, 7) is 0.492. The minimum absolute atomic E-state index is 0.0445. The molecule has 2 aromatic carbocycles. The van der Waals surface area contributed by atoms with Gasteiger partial charge in [0.15, 0.2) is 5.15 Å². The SMILES string of the molecule is O=C(CCn1nc(Cl)c2ccccc21)Nc1ccccc1. The number of hydrogen-bond acceptors (Lipinski definition) is 2. The molecule has 0 aliphatic carbocycles. The number of para-hydroxylation sites is 2. The Morgan fingerprint density at radius 2 is 1.81 bits per heavy atom. The van der Waals surface area contributed by atoms with Gasteiger partial charge in [-0.05, 0) is 24.3 Å². The van der Waals surface area contributed by atoms with Crippen LogP contribution in [0.25, 0.3) is 10.9 Å². The summed E-state index contributed by atoms with van der Waals surface area (Å²) in [7, 11) is 0. The first-order chi connectivity index (χ1) is 10.2. The number of rotatable bonds is 4. The molecule has 106 valence electrons. The number of carbonyl (C=O) groups is 1. The number of aryl methyl sites for hydroxylation is 1. The summed E-state index contributed by atoms with van der Waals surface area (Å²) < 4.78 is 1.77. The van der Waals surface area contributed by atoms with Crippen molar-refractivity contribution >= 4 is 34.1 Å². The first-order valence-electron chi connectivity index (χ1n) is 6.70. The van der Waals surface area contributed by atoms with Crippen LogP contribution in [0.15, 0.2) is 54.6 Å². The number of aromatic nitrogens is 2. The molecule has 21 heavy (non-hydrogen) atoms. The third kappa shape index (κ3) is 3.06. The van der Waals surface area contributed by atoms with Crippen LogP contribution in [0.1, 0.15) is 6.42 Å². The maximum absolute atomic E-state index is 11.9. The quantitative estimate of drug-likeness (QED) is 0.798. The standard InChI is InChI=1S/C16H14ClN3O/c17-16-13-8-4-5-9-14(13)20(19-16)11-10-15(21)18-12-6-2-1-3-7-12/h1-9H,10-11H2,(H,18,21). The Hall–Kier alpha value is -2.33. The normalized spacial score (nSPS) is 10.7. The van der Waals surface area contributed by atoms with E-state index in [2.05, 4.69) is 10.4 Å². The van der Waals surface area contributed by atoms with E-state index in [0.29, 0.717) is 18.1 Å². The van der Waals surface area contributed by atoms with Gasteiger partial charge in [0.2, 0.25) is 5.91 Å². The fourth-order valence-electron chi connectivity index (χ4n) is 2.21. The summed E-state index contributed by atoms with van der Waals surface area (Å²) in [6, 6.07) is 17.1. The average molecular weight is 300 g/mol. The van der Waals surface area contributed by atoms with Crippen molar-refractivity contribution in [1.82, 2.24) is 9.78 Å². The zero-order chi connectivity index (χ0) is 14.7. The molecular weight excluding hydrogens is 286 g/mol. The number of carbonyl (C=O) groups excluding carboxylic acids is 1. The molecule has 4 nitrogen and oxygen atoms in total. The Morgan fingerprint density at radius 1 is 1.10 bits per heavy atom. The lowest BCUT2D eigenvalue weighted by atomic mass is 10.2. The van der Waals surface area contributed by atoms with Gasteiger partial charge in [-0.3, -0.25) is 9.48 Å². The van der Waals surface area contributed by atoms with Crippen LogP contribution in [0.3, 0.4) is 0 Å². The summed E-state index contributed by atoms with van der Waals surface area (Å²) in [5, 5.41) is 8.50. The molecule has 3 aromatic rings. The predicted octanol–water partition coefficient (Wildman–Crippen LogP) is 3.72. The van der Waals surface area contributed by atoms with Gasteiger partial charge in [-0.15, -0.1) is 0 Å². The lowest BCUT2D eigenvalue weighted by Crippen LogP contribution is -2.14. The number of nitrogens with one attached hydrogen (secondary N) is 1. The average Bonchev–Trinajstić information content (AvgIpc) is 2.83. The number of fused-ring (bicyclic) bond motifs is 1. The van der Waals surface area contributed by atoms with Gasteiger partial charge in [0.25, 0.3) is 0 Å². The predicted molar refractivity (Wildman–Crippen MR) is 84.4 cm³/mol. The van der Waals surface area contributed by atoms with E-state index >= 15 is 0 Å². The maximum Gasteiger partial charge on any atom is 0.226 e. The van der Waals surface area contributed by atoms with Crippen molar-refractivity contribution in [1.29, 1.82) is 0 Å². The summed E-state index contributed by atoms with van der Waals surface area (Å²) in [6.07, 6.45) is 0.344. The van der Waals surface area contributed by atoms with E-state index in [4.69, 9.17) is 11.6 Å². The molecule has 0 saturated carbocycles. The summed E-state index contributed by atoms with van der Waals surface area (Å²) in [4.78, 5) is 11.9. The molecule has 0 aliphatic rings. The highest BCUT2D eigenvalue weighted by Crippen LogP contribution is 2.22. The Kier molecular flexibility index (Phi) is 3.88. The highest BCUT2D eigenvalue weighted by atomic mass is 35.5. The maximum atomic E-state index is 11.9. The number of halogens is 1. The van der Waals surface area contributed by atoms with Crippen molar-refractivity contribution in [2.24, 2.45) is 0 Å². The number of benzene rings is 2. The Labute approximate surface area is 127 Å². The van der Waals surface area contributed by atoms with Crippen molar-refractivity contribution in [2.75, 3.05) is 5.32 Å². The van der Waals surface area contributed by atoms with Gasteiger partial charge in [0.1, 0.15) is 0 Å². The Bertz CT molecular complexity index is 768. The molecule has 1 heterocycles. The summed E-state index contributed by atoms with van der Waals surface area (Å²) >= 11 is 6.09. The minimum Gasteiger partial charge on any atom is -0.326 e. The van der Waals surface area contributed by atoms with Crippen LogP contribution < -0.4 is 5.32 Å². The number of anilines is 1. The molecule has 1 N–H and O–H groups in total. The van der Waals surface area contributed by atoms with Gasteiger partial charge >= 0.3 is 0 Å². The lowest BCUT2D eigenvalue weighted by molar-refractivity contribution is -0.116. The second-order valence-electron chi connectivity index (χ2n) is 4.70. The smallest absolute Gasteiger partial charge is 0.226 e. The molecule has 0 spiro atoms. The van der Waals surface area contributed by atoms with Crippen molar-refractivity contribution in [3.05, 3.63) is 59.8 Å². The Balaban J connectivity index is 1.68. The zero-order valence-electron chi connectivity index (χ0n) is 11.3. The third-order valence-electron chi connectivity index (χ3n) is 3.22. The lowest BCUT2D eigenvalue weighted by Gasteiger charge is -2.06. The first kappa shape index (κ1) is 13.6. The number of amides is 1. The number of hydrogen-bond donors (Lipinski definition) is 1. The van der Waals surface area contributed by atoms with E-state index in [1.165, 1.54) is 0 Å². The molecule has 0 radical (unpaired) electrons. The van der Waals surface area contributed by atoms with Gasteiger partial charge in [-0.1, -0.05) is 41.9 Å². The van der Waals surface area contributed by atoms with E-state index in [1.807, 2.05) is 54.6 Å². The van der Waals surface area contributed by atoms with E-state index in [9.17, 15) is 4.79 Å². The molecule has 5 heteroatoms. The van der Waals surface area contributed by atoms with Crippen molar-refractivity contribution in [2.45, 2.75) is 13.0 Å². The summed E-state index contributed by atoms with van der Waals surface area (Å²) in [5.74, 6) is -0.0445. The van der Waals surface area contributed by atoms with Gasteiger partial charge in [0.05, 0.1) is 12.1 Å². The van der Waals surface area contributed by atoms with Crippen molar-refractivity contribution in [3.8, 4) is 0 Å². The van der Waals surface area contributed by atoms with Crippen LogP contribution in [0.2, 0.25) is 5.15 Å². The van der Waals surface area contributed by atoms with Crippen LogP contribution in [0.4, 0.5) is 5.69 Å². The fraction of sp³-hybridized carbons (Fsp3) is 0.125. The second-order valence-corrected chi connectivity index (χ2v) is 5.05. The van der Waals surface area contributed by atoms with Gasteiger partial charge in [-0.25, -0.2) is 0 Å². The van der Waals surface area contributed by atoms with E-state index < -0.39 is 0 Å². The minimum atomic E-state index is -0.0445. The molecule has 0 saturated heterocycles. The molecule has 0 fully saturated rings. The van der Waals surface area contributed by atoms with E-state index in [1.54, 1.807) is 4.68 Å². The van der Waals surface area contributed by atoms with E-state index in [0.717, 1.165) is 16.6 Å². The van der Waals surface area contributed by atoms with Gasteiger partial charge < -0.3 is 5.32 Å². The van der Waals surface area contributed by atoms with Crippen LogP contribution in [0.5, 0.6) is 0 Å². The highest BCUT2D eigenvalue weighted by molar-refractivity contribution is 6.34. The topological polar surface area (TPSA) is 46.9 Å². The third-order valence-corrected chi connectivity index (χ3v) is 3.50. The van der Waals surface area contributed by atoms with E-state index in [-0.39, 0.29) is 5.91 Å². The molecule has 0 atom stereocenters. The van der Waals surface area contributed by atoms with Crippen molar-refractivity contribution < 1.29 is 4.79 Å². The molecule has 0 unspecified atom stereocenters. The first-order valence-corrected chi connectivity index (χ1v) is 7.08. The summed E-state index contributed by atoms with van der Waals surface area (Å²) in [5.41, 5.74) is 1.74. The van der Waals surface area contributed by atoms with Crippen LogP contribution in [-0.4, -0.2) is 15.7 Å². The van der Waals surface area contributed by atoms with Crippen LogP contribution in [-0.2, 0) is 11.3 Å². The fourth-order valence-corrected chi connectivity index (χ4v) is 2.46. The second kappa shape index (κ2) is 5.97. The van der Waals surface area contributed by atoms with Gasteiger partial charge in [0, 0.05) is 17.5 Å². The monoisotopic (exact) mass is 299 g/mol. The molecule has 1 amide bonds. The number of nitrogens with zero attached hydrogens (tertiary/aromatic N) is 2. The molecule has 0 aliphatic heterocycles.